The van der Waals surface area contributed by atoms with E-state index in [0.29, 0.717) is 29.6 Å². The summed E-state index contributed by atoms with van der Waals surface area (Å²) in [6.45, 7) is 8.76. The van der Waals surface area contributed by atoms with E-state index < -0.39 is 0 Å². The molecule has 28 heavy (non-hydrogen) atoms. The molecular formula is C24H42O4. The lowest BCUT2D eigenvalue weighted by atomic mass is 9.43. The smallest absolute Gasteiger partial charge is 0.0602 e. The molecule has 0 saturated heterocycles. The molecule has 0 aromatic heterocycles. The first-order valence-electron chi connectivity index (χ1n) is 11.8. The van der Waals surface area contributed by atoms with Gasteiger partial charge in [-0.2, -0.15) is 0 Å². The van der Waals surface area contributed by atoms with Crippen LogP contribution in [0.4, 0.5) is 0 Å². The molecule has 4 unspecified atom stereocenters. The van der Waals surface area contributed by atoms with E-state index in [4.69, 9.17) is 0 Å². The Bertz CT molecular complexity index is 579. The van der Waals surface area contributed by atoms with Crippen molar-refractivity contribution in [2.75, 3.05) is 0 Å². The summed E-state index contributed by atoms with van der Waals surface area (Å²) in [6, 6.07) is 0. The molecule has 4 aliphatic carbocycles. The highest BCUT2D eigenvalue weighted by Crippen LogP contribution is 2.68. The summed E-state index contributed by atoms with van der Waals surface area (Å²) in [5.74, 6) is 2.16. The van der Waals surface area contributed by atoms with Gasteiger partial charge in [0.1, 0.15) is 0 Å². The van der Waals surface area contributed by atoms with Crippen LogP contribution in [0.25, 0.3) is 0 Å². The average Bonchev–Trinajstić information content (AvgIpc) is 2.95. The van der Waals surface area contributed by atoms with E-state index in [0.717, 1.165) is 51.4 Å². The zero-order valence-corrected chi connectivity index (χ0v) is 18.2. The van der Waals surface area contributed by atoms with E-state index in [1.54, 1.807) is 0 Å². The van der Waals surface area contributed by atoms with E-state index in [-0.39, 0.29) is 41.2 Å². The van der Waals surface area contributed by atoms with Crippen molar-refractivity contribution in [3.63, 3.8) is 0 Å². The molecule has 0 aromatic rings. The fourth-order valence-electron chi connectivity index (χ4n) is 8.83. The van der Waals surface area contributed by atoms with Gasteiger partial charge in [0.15, 0.2) is 0 Å². The molecule has 4 heteroatoms. The highest BCUT2D eigenvalue weighted by molar-refractivity contribution is 5.14. The van der Waals surface area contributed by atoms with Crippen LogP contribution in [-0.4, -0.2) is 44.8 Å². The van der Waals surface area contributed by atoms with E-state index in [1.807, 2.05) is 6.92 Å². The van der Waals surface area contributed by atoms with Crippen molar-refractivity contribution < 1.29 is 20.4 Å². The topological polar surface area (TPSA) is 80.9 Å². The van der Waals surface area contributed by atoms with E-state index >= 15 is 0 Å². The van der Waals surface area contributed by atoms with Crippen molar-refractivity contribution in [3.05, 3.63) is 0 Å². The van der Waals surface area contributed by atoms with Crippen LogP contribution < -0.4 is 0 Å². The molecule has 12 atom stereocenters. The summed E-state index contributed by atoms with van der Waals surface area (Å²) in [4.78, 5) is 0. The Balaban J connectivity index is 1.64. The van der Waals surface area contributed by atoms with E-state index in [9.17, 15) is 20.4 Å². The summed E-state index contributed by atoms with van der Waals surface area (Å²) < 4.78 is 0. The van der Waals surface area contributed by atoms with Gasteiger partial charge in [0.25, 0.3) is 0 Å². The van der Waals surface area contributed by atoms with Crippen LogP contribution >= 0.6 is 0 Å². The molecule has 0 amide bonds. The van der Waals surface area contributed by atoms with Gasteiger partial charge in [0.05, 0.1) is 24.4 Å². The Labute approximate surface area is 170 Å². The molecule has 0 aliphatic heterocycles. The third-order valence-electron chi connectivity index (χ3n) is 10.2. The van der Waals surface area contributed by atoms with Crippen molar-refractivity contribution >= 4 is 0 Å². The number of aliphatic hydroxyl groups excluding tert-OH is 4. The van der Waals surface area contributed by atoms with Crippen LogP contribution in [0.5, 0.6) is 0 Å². The molecule has 162 valence electrons. The van der Waals surface area contributed by atoms with Crippen LogP contribution in [0.3, 0.4) is 0 Å². The first kappa shape index (κ1) is 21.1. The van der Waals surface area contributed by atoms with Crippen molar-refractivity contribution in [2.45, 2.75) is 103 Å². The normalized spacial score (nSPS) is 55.7. The Morgan fingerprint density at radius 2 is 1.64 bits per heavy atom. The van der Waals surface area contributed by atoms with E-state index in [2.05, 4.69) is 20.8 Å². The van der Waals surface area contributed by atoms with Crippen molar-refractivity contribution in [3.8, 4) is 0 Å². The molecule has 4 nitrogen and oxygen atoms in total. The Kier molecular flexibility index (Phi) is 5.43. The Morgan fingerprint density at radius 1 is 0.929 bits per heavy atom. The molecule has 4 N–H and O–H groups in total. The predicted octanol–water partition coefficient (Wildman–Crippen LogP) is 3.35. The van der Waals surface area contributed by atoms with Gasteiger partial charge in [-0.15, -0.1) is 0 Å². The first-order chi connectivity index (χ1) is 13.1. The fraction of sp³-hybridized carbons (Fsp3) is 1.00. The summed E-state index contributed by atoms with van der Waals surface area (Å²) >= 11 is 0. The molecule has 0 bridgehead atoms. The lowest BCUT2D eigenvalue weighted by molar-refractivity contribution is -0.207. The number of rotatable bonds is 3. The number of fused-ring (bicyclic) bond motifs is 5. The third-order valence-corrected chi connectivity index (χ3v) is 10.2. The monoisotopic (exact) mass is 394 g/mol. The van der Waals surface area contributed by atoms with Crippen LogP contribution in [-0.2, 0) is 0 Å². The highest BCUT2D eigenvalue weighted by Gasteiger charge is 2.65. The van der Waals surface area contributed by atoms with E-state index in [1.165, 1.54) is 0 Å². The minimum absolute atomic E-state index is 0.134. The Morgan fingerprint density at radius 3 is 2.32 bits per heavy atom. The van der Waals surface area contributed by atoms with Crippen LogP contribution in [0.15, 0.2) is 0 Å². The minimum atomic E-state index is -0.336. The highest BCUT2D eigenvalue weighted by atomic mass is 16.3. The van der Waals surface area contributed by atoms with Crippen molar-refractivity contribution in [1.82, 2.24) is 0 Å². The summed E-state index contributed by atoms with van der Waals surface area (Å²) in [7, 11) is 0. The van der Waals surface area contributed by atoms with Gasteiger partial charge in [0, 0.05) is 0 Å². The molecule has 0 spiro atoms. The SMILES string of the molecule is CC(O)CC(C)C1CC[C@H]2[C@@H]3[C@H](O)CC4C[C@H](O)CC[C@]4(C)[C@H]3C[C@H](O)[C@]12C. The molecule has 0 aromatic carbocycles. The molecule has 4 aliphatic rings. The number of hydrogen-bond donors (Lipinski definition) is 4. The van der Waals surface area contributed by atoms with Gasteiger partial charge in [-0.25, -0.2) is 0 Å². The van der Waals surface area contributed by atoms with Gasteiger partial charge in [-0.1, -0.05) is 20.8 Å². The fourth-order valence-corrected chi connectivity index (χ4v) is 8.83. The third kappa shape index (κ3) is 3.01. The molecule has 4 rings (SSSR count). The zero-order chi connectivity index (χ0) is 20.4. The van der Waals surface area contributed by atoms with Crippen molar-refractivity contribution in [1.29, 1.82) is 0 Å². The standard InChI is InChI=1S/C24H42O4/c1-13(9-14(2)25)17-5-6-18-22-19(12-21(28)24(17,18)4)23(3)8-7-16(26)10-15(23)11-20(22)27/h13-22,25-28H,5-12H2,1-4H3/t13?,14?,15?,16-,17?,18+,19+,20-,21+,22+,23+,24-/m1/s1. The minimum Gasteiger partial charge on any atom is -0.393 e. The van der Waals surface area contributed by atoms with Crippen LogP contribution in [0, 0.1) is 46.3 Å². The van der Waals surface area contributed by atoms with Gasteiger partial charge in [-0.3, -0.25) is 0 Å². The lowest BCUT2D eigenvalue weighted by Gasteiger charge is -2.63. The van der Waals surface area contributed by atoms with Gasteiger partial charge in [0.2, 0.25) is 0 Å². The predicted molar refractivity (Wildman–Crippen MR) is 109 cm³/mol. The average molecular weight is 395 g/mol. The Hall–Kier alpha value is -0.160. The van der Waals surface area contributed by atoms with Crippen molar-refractivity contribution in [2.24, 2.45) is 46.3 Å². The molecule has 0 heterocycles. The number of aliphatic hydroxyl groups is 4. The largest absolute Gasteiger partial charge is 0.393 e. The second kappa shape index (κ2) is 7.21. The molecule has 4 fully saturated rings. The maximum Gasteiger partial charge on any atom is 0.0602 e. The lowest BCUT2D eigenvalue weighted by Crippen LogP contribution is -2.62. The second-order valence-electron chi connectivity index (χ2n) is 11.6. The van der Waals surface area contributed by atoms with Crippen LogP contribution in [0.2, 0.25) is 0 Å². The summed E-state index contributed by atoms with van der Waals surface area (Å²) in [5.41, 5.74) is -0.0252. The maximum absolute atomic E-state index is 11.5. The second-order valence-corrected chi connectivity index (χ2v) is 11.6. The van der Waals surface area contributed by atoms with Gasteiger partial charge < -0.3 is 20.4 Å². The zero-order valence-electron chi connectivity index (χ0n) is 18.2. The quantitative estimate of drug-likeness (QED) is 0.592. The summed E-state index contributed by atoms with van der Waals surface area (Å²) in [5, 5.41) is 42.9. The maximum atomic E-state index is 11.5. The molecule has 0 radical (unpaired) electrons. The summed E-state index contributed by atoms with van der Waals surface area (Å²) in [6.07, 6.45) is 6.08. The van der Waals surface area contributed by atoms with Crippen LogP contribution in [0.1, 0.15) is 79.1 Å². The number of hydrogen-bond acceptors (Lipinski definition) is 4. The van der Waals surface area contributed by atoms with Gasteiger partial charge >= 0.3 is 0 Å². The molecule has 4 saturated carbocycles. The first-order valence-corrected chi connectivity index (χ1v) is 11.8. The molecular weight excluding hydrogens is 352 g/mol. The van der Waals surface area contributed by atoms with Gasteiger partial charge in [-0.05, 0) is 105 Å².